The number of aryl methyl sites for hydroxylation is 2. The van der Waals surface area contributed by atoms with Crippen molar-refractivity contribution in [2.45, 2.75) is 20.5 Å². The zero-order chi connectivity index (χ0) is 20.4. The van der Waals surface area contributed by atoms with E-state index in [0.29, 0.717) is 16.5 Å². The molecule has 4 aromatic rings. The van der Waals surface area contributed by atoms with Crippen LogP contribution < -0.4 is 20.4 Å². The predicted molar refractivity (Wildman–Crippen MR) is 112 cm³/mol. The van der Waals surface area contributed by atoms with Gasteiger partial charge in [-0.3, -0.25) is 0 Å². The number of hydrogen-bond acceptors (Lipinski definition) is 8. The van der Waals surface area contributed by atoms with Crippen molar-refractivity contribution in [2.75, 3.05) is 12.4 Å². The average molecular weight is 409 g/mol. The standard InChI is InChI=1S/C21H19N3O4S/c1-12-10-19(25)28-20-13(2)17(9-8-16(12)20)27-11-18-23-24-21(29-18)22-14-4-6-15(26-3)7-5-14/h4-10H,11H2,1-3H3,(H,22,24). The lowest BCUT2D eigenvalue weighted by Crippen LogP contribution is -2.01. The van der Waals surface area contributed by atoms with Gasteiger partial charge in [-0.2, -0.15) is 0 Å². The molecule has 0 radical (unpaired) electrons. The second-order valence-electron chi connectivity index (χ2n) is 6.46. The molecule has 0 spiro atoms. The van der Waals surface area contributed by atoms with E-state index in [9.17, 15) is 4.79 Å². The molecule has 0 saturated carbocycles. The van der Waals surface area contributed by atoms with E-state index in [1.165, 1.54) is 17.4 Å². The van der Waals surface area contributed by atoms with Crippen molar-refractivity contribution in [3.05, 3.63) is 69.0 Å². The topological polar surface area (TPSA) is 86.5 Å². The highest BCUT2D eigenvalue weighted by atomic mass is 32.1. The lowest BCUT2D eigenvalue weighted by atomic mass is 10.1. The first-order valence-corrected chi connectivity index (χ1v) is 9.75. The first-order chi connectivity index (χ1) is 14.0. The summed E-state index contributed by atoms with van der Waals surface area (Å²) in [4.78, 5) is 11.7. The summed E-state index contributed by atoms with van der Waals surface area (Å²) in [5.41, 5.74) is 2.74. The summed E-state index contributed by atoms with van der Waals surface area (Å²) < 4.78 is 16.4. The van der Waals surface area contributed by atoms with Crippen molar-refractivity contribution >= 4 is 33.1 Å². The summed E-state index contributed by atoms with van der Waals surface area (Å²) in [5.74, 6) is 1.43. The quantitative estimate of drug-likeness (QED) is 0.466. The minimum Gasteiger partial charge on any atom is -0.497 e. The van der Waals surface area contributed by atoms with Gasteiger partial charge in [-0.25, -0.2) is 4.79 Å². The third-order valence-corrected chi connectivity index (χ3v) is 5.29. The largest absolute Gasteiger partial charge is 0.497 e. The Morgan fingerprint density at radius 2 is 1.90 bits per heavy atom. The van der Waals surface area contributed by atoms with Gasteiger partial charge in [-0.05, 0) is 55.8 Å². The van der Waals surface area contributed by atoms with E-state index >= 15 is 0 Å². The monoisotopic (exact) mass is 409 g/mol. The maximum Gasteiger partial charge on any atom is 0.336 e. The minimum absolute atomic E-state index is 0.268. The van der Waals surface area contributed by atoms with Crippen LogP contribution >= 0.6 is 11.3 Å². The molecule has 8 heteroatoms. The number of fused-ring (bicyclic) bond motifs is 1. The number of ether oxygens (including phenoxy) is 2. The normalized spacial score (nSPS) is 10.9. The fourth-order valence-corrected chi connectivity index (χ4v) is 3.63. The molecule has 0 saturated heterocycles. The summed E-state index contributed by atoms with van der Waals surface area (Å²) in [7, 11) is 1.63. The summed E-state index contributed by atoms with van der Waals surface area (Å²) >= 11 is 1.41. The van der Waals surface area contributed by atoms with Crippen molar-refractivity contribution in [3.8, 4) is 11.5 Å². The fraction of sp³-hybridized carbons (Fsp3) is 0.190. The van der Waals surface area contributed by atoms with E-state index in [4.69, 9.17) is 13.9 Å². The number of nitrogens with one attached hydrogen (secondary N) is 1. The molecule has 0 atom stereocenters. The second kappa shape index (κ2) is 7.92. The molecule has 2 aromatic carbocycles. The van der Waals surface area contributed by atoms with Gasteiger partial charge in [-0.15, -0.1) is 10.2 Å². The molecule has 148 valence electrons. The summed E-state index contributed by atoms with van der Waals surface area (Å²) in [5, 5.41) is 13.8. The van der Waals surface area contributed by atoms with Crippen LogP contribution in [-0.2, 0) is 6.61 Å². The molecule has 2 aromatic heterocycles. The van der Waals surface area contributed by atoms with Gasteiger partial charge in [0.25, 0.3) is 0 Å². The molecular weight excluding hydrogens is 390 g/mol. The van der Waals surface area contributed by atoms with E-state index in [1.807, 2.05) is 50.2 Å². The molecule has 0 aliphatic carbocycles. The maximum absolute atomic E-state index is 11.7. The number of rotatable bonds is 6. The Balaban J connectivity index is 1.47. The Kier molecular flexibility index (Phi) is 5.18. The zero-order valence-electron chi connectivity index (χ0n) is 16.2. The number of aromatic nitrogens is 2. The van der Waals surface area contributed by atoms with E-state index in [1.54, 1.807) is 7.11 Å². The summed E-state index contributed by atoms with van der Waals surface area (Å²) in [6.45, 7) is 4.03. The van der Waals surface area contributed by atoms with Gasteiger partial charge in [0.15, 0.2) is 5.01 Å². The lowest BCUT2D eigenvalue weighted by molar-refractivity contribution is 0.302. The molecule has 0 unspecified atom stereocenters. The van der Waals surface area contributed by atoms with E-state index < -0.39 is 0 Å². The Morgan fingerprint density at radius 3 is 2.66 bits per heavy atom. The number of nitrogens with zero attached hydrogens (tertiary/aromatic N) is 2. The minimum atomic E-state index is -0.367. The van der Waals surface area contributed by atoms with Crippen molar-refractivity contribution < 1.29 is 13.9 Å². The maximum atomic E-state index is 11.7. The molecule has 0 amide bonds. The van der Waals surface area contributed by atoms with Crippen molar-refractivity contribution in [1.82, 2.24) is 10.2 Å². The molecule has 0 aliphatic rings. The number of methoxy groups -OCH3 is 1. The highest BCUT2D eigenvalue weighted by Gasteiger charge is 2.12. The van der Waals surface area contributed by atoms with Crippen LogP contribution in [0.3, 0.4) is 0 Å². The number of benzene rings is 2. The molecule has 0 bridgehead atoms. The highest BCUT2D eigenvalue weighted by molar-refractivity contribution is 7.15. The molecule has 0 aliphatic heterocycles. The van der Waals surface area contributed by atoms with E-state index in [2.05, 4.69) is 15.5 Å². The van der Waals surface area contributed by atoms with Gasteiger partial charge in [0.05, 0.1) is 7.11 Å². The highest BCUT2D eigenvalue weighted by Crippen LogP contribution is 2.29. The molecule has 7 nitrogen and oxygen atoms in total. The van der Waals surface area contributed by atoms with Crippen LogP contribution in [0, 0.1) is 13.8 Å². The molecule has 4 rings (SSSR count). The van der Waals surface area contributed by atoms with Crippen molar-refractivity contribution in [1.29, 1.82) is 0 Å². The van der Waals surface area contributed by atoms with Gasteiger partial charge >= 0.3 is 5.63 Å². The van der Waals surface area contributed by atoms with Gasteiger partial charge in [0.1, 0.15) is 23.7 Å². The van der Waals surface area contributed by atoms with Gasteiger partial charge in [0, 0.05) is 22.7 Å². The first kappa shape index (κ1) is 18.9. The van der Waals surface area contributed by atoms with Crippen LogP contribution in [0.4, 0.5) is 10.8 Å². The summed E-state index contributed by atoms with van der Waals surface area (Å²) in [6.07, 6.45) is 0. The van der Waals surface area contributed by atoms with Crippen LogP contribution in [0.5, 0.6) is 11.5 Å². The smallest absolute Gasteiger partial charge is 0.336 e. The predicted octanol–water partition coefficient (Wildman–Crippen LogP) is 4.59. The van der Waals surface area contributed by atoms with Crippen molar-refractivity contribution in [2.24, 2.45) is 0 Å². The third-order valence-electron chi connectivity index (χ3n) is 4.48. The molecule has 2 heterocycles. The first-order valence-electron chi connectivity index (χ1n) is 8.94. The SMILES string of the molecule is COc1ccc(Nc2nnc(COc3ccc4c(C)cc(=O)oc4c3C)s2)cc1. The molecule has 0 fully saturated rings. The average Bonchev–Trinajstić information content (AvgIpc) is 3.16. The Labute approximate surface area is 170 Å². The Morgan fingerprint density at radius 1 is 1.10 bits per heavy atom. The molecule has 1 N–H and O–H groups in total. The van der Waals surface area contributed by atoms with Gasteiger partial charge in [-0.1, -0.05) is 11.3 Å². The third kappa shape index (κ3) is 4.07. The lowest BCUT2D eigenvalue weighted by Gasteiger charge is -2.10. The van der Waals surface area contributed by atoms with Crippen LogP contribution in [-0.4, -0.2) is 17.3 Å². The number of anilines is 2. The second-order valence-corrected chi connectivity index (χ2v) is 7.52. The van der Waals surface area contributed by atoms with E-state index in [-0.39, 0.29) is 12.2 Å². The Hall–Kier alpha value is -3.39. The molecule has 29 heavy (non-hydrogen) atoms. The van der Waals surface area contributed by atoms with Crippen LogP contribution in [0.1, 0.15) is 16.1 Å². The van der Waals surface area contributed by atoms with Crippen LogP contribution in [0.2, 0.25) is 0 Å². The fourth-order valence-electron chi connectivity index (χ4n) is 2.96. The van der Waals surface area contributed by atoms with Gasteiger partial charge < -0.3 is 19.2 Å². The van der Waals surface area contributed by atoms with Gasteiger partial charge in [0.2, 0.25) is 5.13 Å². The Bertz CT molecular complexity index is 1220. The van der Waals surface area contributed by atoms with Crippen LogP contribution in [0.25, 0.3) is 11.0 Å². The van der Waals surface area contributed by atoms with Crippen LogP contribution in [0.15, 0.2) is 51.7 Å². The molecular formula is C21H19N3O4S. The van der Waals surface area contributed by atoms with E-state index in [0.717, 1.165) is 33.0 Å². The summed E-state index contributed by atoms with van der Waals surface area (Å²) in [6, 6.07) is 12.8. The zero-order valence-corrected chi connectivity index (χ0v) is 17.0. The number of hydrogen-bond donors (Lipinski definition) is 1. The van der Waals surface area contributed by atoms with Crippen molar-refractivity contribution in [3.63, 3.8) is 0 Å².